The molecule has 1 fully saturated rings. The van der Waals surface area contributed by atoms with Crippen molar-refractivity contribution in [3.63, 3.8) is 0 Å². The monoisotopic (exact) mass is 186 g/mol. The van der Waals surface area contributed by atoms with E-state index in [-0.39, 0.29) is 0 Å². The van der Waals surface area contributed by atoms with Crippen LogP contribution in [0.3, 0.4) is 0 Å². The SMILES string of the molecule is COCCN(C)C1CCC(C)NC1. The number of nitrogens with one attached hydrogen (secondary N) is 1. The molecule has 0 aliphatic carbocycles. The lowest BCUT2D eigenvalue weighted by molar-refractivity contribution is 0.123. The van der Waals surface area contributed by atoms with E-state index in [1.165, 1.54) is 12.8 Å². The summed E-state index contributed by atoms with van der Waals surface area (Å²) < 4.78 is 5.06. The van der Waals surface area contributed by atoms with E-state index in [4.69, 9.17) is 4.74 Å². The van der Waals surface area contributed by atoms with Gasteiger partial charge in [0, 0.05) is 32.3 Å². The van der Waals surface area contributed by atoms with Crippen LogP contribution in [-0.4, -0.2) is 50.8 Å². The first kappa shape index (κ1) is 11.0. The van der Waals surface area contributed by atoms with Gasteiger partial charge in [0.2, 0.25) is 0 Å². The molecule has 1 heterocycles. The van der Waals surface area contributed by atoms with Gasteiger partial charge in [-0.15, -0.1) is 0 Å². The minimum absolute atomic E-state index is 0.700. The first-order valence-electron chi connectivity index (χ1n) is 5.16. The summed E-state index contributed by atoms with van der Waals surface area (Å²) in [4.78, 5) is 2.39. The summed E-state index contributed by atoms with van der Waals surface area (Å²) in [7, 11) is 3.94. The number of likely N-dealkylation sites (N-methyl/N-ethyl adjacent to an activating group) is 1. The summed E-state index contributed by atoms with van der Waals surface area (Å²) >= 11 is 0. The highest BCUT2D eigenvalue weighted by molar-refractivity contribution is 4.80. The van der Waals surface area contributed by atoms with Crippen molar-refractivity contribution in [1.82, 2.24) is 10.2 Å². The van der Waals surface area contributed by atoms with Gasteiger partial charge in [0.1, 0.15) is 0 Å². The number of methoxy groups -OCH3 is 1. The Morgan fingerprint density at radius 3 is 2.77 bits per heavy atom. The lowest BCUT2D eigenvalue weighted by Crippen LogP contribution is -2.48. The zero-order chi connectivity index (χ0) is 9.68. The van der Waals surface area contributed by atoms with Crippen LogP contribution >= 0.6 is 0 Å². The van der Waals surface area contributed by atoms with Gasteiger partial charge < -0.3 is 10.1 Å². The largest absolute Gasteiger partial charge is 0.383 e. The van der Waals surface area contributed by atoms with Gasteiger partial charge in [0.25, 0.3) is 0 Å². The Morgan fingerprint density at radius 1 is 1.46 bits per heavy atom. The zero-order valence-electron chi connectivity index (χ0n) is 9.05. The van der Waals surface area contributed by atoms with Gasteiger partial charge in [0.15, 0.2) is 0 Å². The Labute approximate surface area is 81.4 Å². The van der Waals surface area contributed by atoms with Crippen molar-refractivity contribution in [1.29, 1.82) is 0 Å². The van der Waals surface area contributed by atoms with Gasteiger partial charge in [-0.25, -0.2) is 0 Å². The van der Waals surface area contributed by atoms with Gasteiger partial charge in [-0.1, -0.05) is 0 Å². The molecule has 0 aromatic carbocycles. The van der Waals surface area contributed by atoms with Crippen LogP contribution in [0, 0.1) is 0 Å². The van der Waals surface area contributed by atoms with E-state index in [9.17, 15) is 0 Å². The highest BCUT2D eigenvalue weighted by Crippen LogP contribution is 2.11. The fraction of sp³-hybridized carbons (Fsp3) is 1.00. The molecule has 0 aromatic rings. The standard InChI is InChI=1S/C10H22N2O/c1-9-4-5-10(8-11-9)12(2)6-7-13-3/h9-11H,4-8H2,1-3H3. The van der Waals surface area contributed by atoms with Crippen LogP contribution in [-0.2, 0) is 4.74 Å². The van der Waals surface area contributed by atoms with Crippen LogP contribution in [0.4, 0.5) is 0 Å². The Balaban J connectivity index is 2.19. The number of piperidine rings is 1. The number of rotatable bonds is 4. The first-order chi connectivity index (χ1) is 6.24. The molecule has 0 bridgehead atoms. The van der Waals surface area contributed by atoms with E-state index < -0.39 is 0 Å². The Morgan fingerprint density at radius 2 is 2.23 bits per heavy atom. The van der Waals surface area contributed by atoms with Gasteiger partial charge in [-0.05, 0) is 26.8 Å². The average Bonchev–Trinajstić information content (AvgIpc) is 2.15. The molecule has 3 heteroatoms. The summed E-state index contributed by atoms with van der Waals surface area (Å²) in [6, 6.07) is 1.40. The molecule has 0 spiro atoms. The van der Waals surface area contributed by atoms with Gasteiger partial charge in [0.05, 0.1) is 6.61 Å². The number of nitrogens with zero attached hydrogens (tertiary/aromatic N) is 1. The van der Waals surface area contributed by atoms with Crippen LogP contribution in [0.5, 0.6) is 0 Å². The maximum absolute atomic E-state index is 5.06. The highest BCUT2D eigenvalue weighted by atomic mass is 16.5. The third-order valence-corrected chi connectivity index (χ3v) is 2.91. The molecule has 0 aromatic heterocycles. The molecule has 13 heavy (non-hydrogen) atoms. The molecule has 0 amide bonds. The zero-order valence-corrected chi connectivity index (χ0v) is 9.05. The van der Waals surface area contributed by atoms with Crippen molar-refractivity contribution in [2.24, 2.45) is 0 Å². The van der Waals surface area contributed by atoms with Crippen molar-refractivity contribution < 1.29 is 4.74 Å². The van der Waals surface area contributed by atoms with Crippen LogP contribution in [0.1, 0.15) is 19.8 Å². The molecular formula is C10H22N2O. The van der Waals surface area contributed by atoms with Gasteiger partial charge in [-0.3, -0.25) is 4.90 Å². The van der Waals surface area contributed by atoms with Gasteiger partial charge >= 0.3 is 0 Å². The molecule has 3 nitrogen and oxygen atoms in total. The summed E-state index contributed by atoms with van der Waals surface area (Å²) in [5, 5.41) is 3.51. The number of hydrogen-bond donors (Lipinski definition) is 1. The Hall–Kier alpha value is -0.120. The van der Waals surface area contributed by atoms with Crippen molar-refractivity contribution in [2.75, 3.05) is 33.9 Å². The molecular weight excluding hydrogens is 164 g/mol. The van der Waals surface area contributed by atoms with Crippen molar-refractivity contribution in [3.05, 3.63) is 0 Å². The topological polar surface area (TPSA) is 24.5 Å². The van der Waals surface area contributed by atoms with Crippen LogP contribution in [0.25, 0.3) is 0 Å². The van der Waals surface area contributed by atoms with Crippen molar-refractivity contribution >= 4 is 0 Å². The fourth-order valence-electron chi connectivity index (χ4n) is 1.78. The average molecular weight is 186 g/mol. The van der Waals surface area contributed by atoms with Crippen LogP contribution < -0.4 is 5.32 Å². The lowest BCUT2D eigenvalue weighted by atomic mass is 10.0. The van der Waals surface area contributed by atoms with Gasteiger partial charge in [-0.2, -0.15) is 0 Å². The molecule has 1 rings (SSSR count). The molecule has 1 saturated heterocycles. The third kappa shape index (κ3) is 3.63. The second-order valence-electron chi connectivity index (χ2n) is 4.01. The highest BCUT2D eigenvalue weighted by Gasteiger charge is 2.20. The minimum atomic E-state index is 0.700. The van der Waals surface area contributed by atoms with E-state index in [0.29, 0.717) is 12.1 Å². The van der Waals surface area contributed by atoms with Crippen molar-refractivity contribution in [2.45, 2.75) is 31.8 Å². The van der Waals surface area contributed by atoms with E-state index in [2.05, 4.69) is 24.2 Å². The second-order valence-corrected chi connectivity index (χ2v) is 4.01. The second kappa shape index (κ2) is 5.58. The maximum atomic E-state index is 5.06. The number of hydrogen-bond acceptors (Lipinski definition) is 3. The van der Waals surface area contributed by atoms with Crippen LogP contribution in [0.2, 0.25) is 0 Å². The summed E-state index contributed by atoms with van der Waals surface area (Å²) in [5.41, 5.74) is 0. The molecule has 78 valence electrons. The predicted octanol–water partition coefficient (Wildman–Crippen LogP) is 0.705. The van der Waals surface area contributed by atoms with E-state index in [1.807, 2.05) is 0 Å². The summed E-state index contributed by atoms with van der Waals surface area (Å²) in [5.74, 6) is 0. The smallest absolute Gasteiger partial charge is 0.0589 e. The van der Waals surface area contributed by atoms with E-state index in [1.54, 1.807) is 7.11 Å². The normalized spacial score (nSPS) is 29.5. The summed E-state index contributed by atoms with van der Waals surface area (Å²) in [6.07, 6.45) is 2.61. The molecule has 1 aliphatic rings. The fourth-order valence-corrected chi connectivity index (χ4v) is 1.78. The summed E-state index contributed by atoms with van der Waals surface area (Å²) in [6.45, 7) is 5.26. The molecule has 1 aliphatic heterocycles. The Kier molecular flexibility index (Phi) is 4.70. The quantitative estimate of drug-likeness (QED) is 0.699. The molecule has 1 N–H and O–H groups in total. The van der Waals surface area contributed by atoms with Crippen LogP contribution in [0.15, 0.2) is 0 Å². The molecule has 0 saturated carbocycles. The Bertz CT molecular complexity index is 133. The minimum Gasteiger partial charge on any atom is -0.383 e. The molecule has 0 radical (unpaired) electrons. The third-order valence-electron chi connectivity index (χ3n) is 2.91. The van der Waals surface area contributed by atoms with E-state index in [0.717, 1.165) is 19.7 Å². The maximum Gasteiger partial charge on any atom is 0.0589 e. The number of ether oxygens (including phenoxy) is 1. The lowest BCUT2D eigenvalue weighted by Gasteiger charge is -2.34. The first-order valence-corrected chi connectivity index (χ1v) is 5.16. The predicted molar refractivity (Wildman–Crippen MR) is 55.0 cm³/mol. The van der Waals surface area contributed by atoms with E-state index >= 15 is 0 Å². The molecule has 2 unspecified atom stereocenters. The molecule has 2 atom stereocenters. The van der Waals surface area contributed by atoms with Crippen molar-refractivity contribution in [3.8, 4) is 0 Å².